The van der Waals surface area contributed by atoms with E-state index in [2.05, 4.69) is 0 Å². The summed E-state index contributed by atoms with van der Waals surface area (Å²) in [6.45, 7) is 1.91. The number of hydrogen-bond acceptors (Lipinski definition) is 4. The van der Waals surface area contributed by atoms with Crippen molar-refractivity contribution in [3.8, 4) is 17.2 Å². The molecule has 0 heterocycles. The number of aryl methyl sites for hydroxylation is 1. The minimum absolute atomic E-state index is 0.233. The lowest BCUT2D eigenvalue weighted by Gasteiger charge is -2.07. The smallest absolute Gasteiger partial charge is 0.343 e. The van der Waals surface area contributed by atoms with Gasteiger partial charge in [-0.3, -0.25) is 0 Å². The fourth-order valence-electron chi connectivity index (χ4n) is 1.46. The molecule has 0 radical (unpaired) electrons. The Morgan fingerprint density at radius 1 is 1.00 bits per heavy atom. The van der Waals surface area contributed by atoms with Crippen LogP contribution in [0.1, 0.15) is 15.9 Å². The van der Waals surface area contributed by atoms with E-state index in [1.54, 1.807) is 24.3 Å². The van der Waals surface area contributed by atoms with Gasteiger partial charge in [-0.05, 0) is 31.2 Å². The van der Waals surface area contributed by atoms with Crippen molar-refractivity contribution in [3.63, 3.8) is 0 Å². The van der Waals surface area contributed by atoms with Crippen LogP contribution in [-0.2, 0) is 0 Å². The number of carbonyl (C=O) groups excluding carboxylic acids is 1. The maximum absolute atomic E-state index is 11.8. The third-order valence-electron chi connectivity index (χ3n) is 2.46. The number of phenols is 2. The molecule has 0 aliphatic carbocycles. The van der Waals surface area contributed by atoms with Gasteiger partial charge in [0, 0.05) is 0 Å². The molecule has 92 valence electrons. The minimum Gasteiger partial charge on any atom is -0.504 e. The number of benzene rings is 2. The molecule has 0 saturated heterocycles. The van der Waals surface area contributed by atoms with Gasteiger partial charge >= 0.3 is 5.97 Å². The standard InChI is InChI=1S/C14H12O4/c1-9-5-7-10(8-6-9)14(17)18-13-11(15)3-2-4-12(13)16/h2-8,15-16H,1H3. The lowest BCUT2D eigenvalue weighted by Crippen LogP contribution is -2.08. The average Bonchev–Trinajstić information content (AvgIpc) is 2.34. The highest BCUT2D eigenvalue weighted by molar-refractivity contribution is 5.91. The third kappa shape index (κ3) is 2.43. The van der Waals surface area contributed by atoms with E-state index in [0.29, 0.717) is 5.56 Å². The molecular weight excluding hydrogens is 232 g/mol. The van der Waals surface area contributed by atoms with Crippen LogP contribution in [0.2, 0.25) is 0 Å². The number of esters is 1. The summed E-state index contributed by atoms with van der Waals surface area (Å²) in [5, 5.41) is 19.0. The van der Waals surface area contributed by atoms with Crippen molar-refractivity contribution in [2.75, 3.05) is 0 Å². The van der Waals surface area contributed by atoms with Gasteiger partial charge in [0.1, 0.15) is 0 Å². The highest BCUT2D eigenvalue weighted by Gasteiger charge is 2.14. The zero-order chi connectivity index (χ0) is 13.1. The molecule has 4 nitrogen and oxygen atoms in total. The minimum atomic E-state index is -0.633. The second kappa shape index (κ2) is 4.79. The molecule has 0 aliphatic heterocycles. The van der Waals surface area contributed by atoms with Crippen LogP contribution >= 0.6 is 0 Å². The fraction of sp³-hybridized carbons (Fsp3) is 0.0714. The first-order valence-corrected chi connectivity index (χ1v) is 5.37. The number of carbonyl (C=O) groups is 1. The van der Waals surface area contributed by atoms with Crippen molar-refractivity contribution in [3.05, 3.63) is 53.6 Å². The Bertz CT molecular complexity index is 553. The molecule has 0 aliphatic rings. The molecule has 0 spiro atoms. The Morgan fingerprint density at radius 3 is 2.11 bits per heavy atom. The van der Waals surface area contributed by atoms with E-state index in [0.717, 1.165) is 5.56 Å². The molecule has 18 heavy (non-hydrogen) atoms. The first-order valence-electron chi connectivity index (χ1n) is 5.37. The van der Waals surface area contributed by atoms with Crippen molar-refractivity contribution in [2.24, 2.45) is 0 Å². The predicted molar refractivity (Wildman–Crippen MR) is 65.9 cm³/mol. The van der Waals surface area contributed by atoms with Gasteiger partial charge in [0.05, 0.1) is 5.56 Å². The summed E-state index contributed by atoms with van der Waals surface area (Å²) in [6.07, 6.45) is 0. The molecule has 2 aromatic rings. The second-order valence-electron chi connectivity index (χ2n) is 3.88. The summed E-state index contributed by atoms with van der Waals surface area (Å²) >= 11 is 0. The Morgan fingerprint density at radius 2 is 1.56 bits per heavy atom. The first kappa shape index (κ1) is 12.0. The summed E-state index contributed by atoms with van der Waals surface area (Å²) in [5.41, 5.74) is 1.38. The van der Waals surface area contributed by atoms with Crippen LogP contribution < -0.4 is 4.74 Å². The van der Waals surface area contributed by atoms with E-state index < -0.39 is 5.97 Å². The second-order valence-corrected chi connectivity index (χ2v) is 3.88. The highest BCUT2D eigenvalue weighted by Crippen LogP contribution is 2.35. The van der Waals surface area contributed by atoms with Gasteiger partial charge in [0.25, 0.3) is 0 Å². The van der Waals surface area contributed by atoms with Crippen molar-refractivity contribution in [1.82, 2.24) is 0 Å². The third-order valence-corrected chi connectivity index (χ3v) is 2.46. The molecule has 4 heteroatoms. The molecule has 0 atom stereocenters. The number of aromatic hydroxyl groups is 2. The van der Waals surface area contributed by atoms with Crippen LogP contribution in [-0.4, -0.2) is 16.2 Å². The zero-order valence-corrected chi connectivity index (χ0v) is 9.75. The highest BCUT2D eigenvalue weighted by atomic mass is 16.5. The lowest BCUT2D eigenvalue weighted by molar-refractivity contribution is 0.0724. The van der Waals surface area contributed by atoms with Crippen LogP contribution in [0.4, 0.5) is 0 Å². The summed E-state index contributed by atoms with van der Waals surface area (Å²) in [7, 11) is 0. The van der Waals surface area contributed by atoms with Gasteiger partial charge in [-0.25, -0.2) is 4.79 Å². The van der Waals surface area contributed by atoms with Crippen molar-refractivity contribution < 1.29 is 19.7 Å². The molecule has 2 aromatic carbocycles. The number of hydrogen-bond donors (Lipinski definition) is 2. The lowest BCUT2D eigenvalue weighted by atomic mass is 10.1. The Kier molecular flexibility index (Phi) is 3.19. The molecule has 0 fully saturated rings. The zero-order valence-electron chi connectivity index (χ0n) is 9.75. The van der Waals surface area contributed by atoms with Crippen molar-refractivity contribution in [2.45, 2.75) is 6.92 Å². The molecule has 2 rings (SSSR count). The van der Waals surface area contributed by atoms with E-state index in [-0.39, 0.29) is 17.2 Å². The maximum Gasteiger partial charge on any atom is 0.343 e. The van der Waals surface area contributed by atoms with E-state index in [4.69, 9.17) is 4.74 Å². The Balaban J connectivity index is 2.24. The molecule has 0 unspecified atom stereocenters. The Labute approximate surface area is 104 Å². The molecule has 0 saturated carbocycles. The summed E-state index contributed by atoms with van der Waals surface area (Å²) < 4.78 is 4.96. The van der Waals surface area contributed by atoms with Crippen LogP contribution in [0.3, 0.4) is 0 Å². The Hall–Kier alpha value is -2.49. The monoisotopic (exact) mass is 244 g/mol. The largest absolute Gasteiger partial charge is 0.504 e. The fourth-order valence-corrected chi connectivity index (χ4v) is 1.46. The summed E-state index contributed by atoms with van der Waals surface area (Å²) in [6, 6.07) is 10.9. The summed E-state index contributed by atoms with van der Waals surface area (Å²) in [4.78, 5) is 11.8. The van der Waals surface area contributed by atoms with Gasteiger partial charge in [0.2, 0.25) is 5.75 Å². The van der Waals surface area contributed by atoms with E-state index in [9.17, 15) is 15.0 Å². The first-order chi connectivity index (χ1) is 8.58. The van der Waals surface area contributed by atoms with Crippen LogP contribution in [0.15, 0.2) is 42.5 Å². The molecule has 0 bridgehead atoms. The normalized spacial score (nSPS) is 10.1. The topological polar surface area (TPSA) is 66.8 Å². The molecule has 0 amide bonds. The van der Waals surface area contributed by atoms with Crippen LogP contribution in [0.5, 0.6) is 17.2 Å². The molecule has 0 aromatic heterocycles. The van der Waals surface area contributed by atoms with E-state index in [1.807, 2.05) is 6.92 Å². The number of phenolic OH excluding ortho intramolecular Hbond substituents is 2. The van der Waals surface area contributed by atoms with Gasteiger partial charge in [-0.2, -0.15) is 0 Å². The summed E-state index contributed by atoms with van der Waals surface area (Å²) in [5.74, 6) is -1.43. The average molecular weight is 244 g/mol. The predicted octanol–water partition coefficient (Wildman–Crippen LogP) is 2.63. The molecular formula is C14H12O4. The number of para-hydroxylation sites is 1. The van der Waals surface area contributed by atoms with Crippen LogP contribution in [0, 0.1) is 6.92 Å². The van der Waals surface area contributed by atoms with Crippen molar-refractivity contribution >= 4 is 5.97 Å². The van der Waals surface area contributed by atoms with Crippen molar-refractivity contribution in [1.29, 1.82) is 0 Å². The van der Waals surface area contributed by atoms with Gasteiger partial charge in [0.15, 0.2) is 11.5 Å². The van der Waals surface area contributed by atoms with Gasteiger partial charge in [-0.15, -0.1) is 0 Å². The van der Waals surface area contributed by atoms with E-state index in [1.165, 1.54) is 18.2 Å². The number of rotatable bonds is 2. The quantitative estimate of drug-likeness (QED) is 0.629. The molecule has 2 N–H and O–H groups in total. The van der Waals surface area contributed by atoms with E-state index >= 15 is 0 Å². The van der Waals surface area contributed by atoms with Crippen LogP contribution in [0.25, 0.3) is 0 Å². The maximum atomic E-state index is 11.8. The SMILES string of the molecule is Cc1ccc(C(=O)Oc2c(O)cccc2O)cc1. The van der Waals surface area contributed by atoms with Gasteiger partial charge in [-0.1, -0.05) is 23.8 Å². The van der Waals surface area contributed by atoms with Gasteiger partial charge < -0.3 is 14.9 Å². The number of ether oxygens (including phenoxy) is 1.